The van der Waals surface area contributed by atoms with Crippen molar-refractivity contribution in [1.82, 2.24) is 4.90 Å². The topological polar surface area (TPSA) is 83.6 Å². The van der Waals surface area contributed by atoms with Gasteiger partial charge in [0, 0.05) is 18.7 Å². The molecule has 1 saturated heterocycles. The largest absolute Gasteiger partial charge is 0.480 e. The average molecular weight is 276 g/mol. The van der Waals surface area contributed by atoms with Crippen LogP contribution in [-0.2, 0) is 16.0 Å². The molecule has 3 N–H and O–H groups in total. The van der Waals surface area contributed by atoms with Crippen LogP contribution in [0.15, 0.2) is 24.3 Å². The summed E-state index contributed by atoms with van der Waals surface area (Å²) in [4.78, 5) is 24.9. The molecule has 5 nitrogen and oxygen atoms in total. The Morgan fingerprint density at radius 2 is 2.15 bits per heavy atom. The fourth-order valence-corrected chi connectivity index (χ4v) is 2.63. The molecular weight excluding hydrogens is 256 g/mol. The summed E-state index contributed by atoms with van der Waals surface area (Å²) in [6.45, 7) is 0.548. The molecule has 1 heterocycles. The van der Waals surface area contributed by atoms with Gasteiger partial charge in [-0.25, -0.2) is 4.79 Å². The van der Waals surface area contributed by atoms with Gasteiger partial charge in [-0.3, -0.25) is 4.79 Å². The molecule has 1 aliphatic rings. The molecule has 0 aromatic heterocycles. The number of aryl methyl sites for hydroxylation is 1. The van der Waals surface area contributed by atoms with E-state index in [-0.39, 0.29) is 5.91 Å². The Kier molecular flexibility index (Phi) is 4.61. The molecule has 0 radical (unpaired) electrons. The number of nitrogens with two attached hydrogens (primary N) is 1. The van der Waals surface area contributed by atoms with Gasteiger partial charge in [0.25, 0.3) is 0 Å². The van der Waals surface area contributed by atoms with E-state index in [0.29, 0.717) is 31.5 Å². The van der Waals surface area contributed by atoms with Crippen molar-refractivity contribution in [2.45, 2.75) is 38.1 Å². The quantitative estimate of drug-likeness (QED) is 0.819. The van der Waals surface area contributed by atoms with E-state index in [9.17, 15) is 9.59 Å². The molecule has 1 amide bonds. The Morgan fingerprint density at radius 1 is 1.35 bits per heavy atom. The van der Waals surface area contributed by atoms with Crippen LogP contribution in [0.4, 0.5) is 5.69 Å². The van der Waals surface area contributed by atoms with Crippen LogP contribution in [0.25, 0.3) is 0 Å². The third-order valence-electron chi connectivity index (χ3n) is 3.69. The summed E-state index contributed by atoms with van der Waals surface area (Å²) in [6, 6.07) is 6.77. The van der Waals surface area contributed by atoms with Crippen LogP contribution < -0.4 is 5.73 Å². The zero-order valence-corrected chi connectivity index (χ0v) is 11.4. The van der Waals surface area contributed by atoms with Crippen LogP contribution in [0.5, 0.6) is 0 Å². The van der Waals surface area contributed by atoms with Gasteiger partial charge in [-0.15, -0.1) is 0 Å². The van der Waals surface area contributed by atoms with Crippen molar-refractivity contribution in [1.29, 1.82) is 0 Å². The number of carbonyl (C=O) groups excluding carboxylic acids is 1. The van der Waals surface area contributed by atoms with E-state index in [2.05, 4.69) is 0 Å². The first kappa shape index (κ1) is 14.4. The van der Waals surface area contributed by atoms with E-state index in [1.807, 2.05) is 18.2 Å². The van der Waals surface area contributed by atoms with Crippen LogP contribution in [0.2, 0.25) is 0 Å². The van der Waals surface area contributed by atoms with E-state index < -0.39 is 12.0 Å². The summed E-state index contributed by atoms with van der Waals surface area (Å²) in [5.41, 5.74) is 7.38. The molecule has 108 valence electrons. The summed E-state index contributed by atoms with van der Waals surface area (Å²) in [7, 11) is 0. The van der Waals surface area contributed by atoms with Gasteiger partial charge in [-0.05, 0) is 43.4 Å². The zero-order valence-electron chi connectivity index (χ0n) is 11.4. The minimum absolute atomic E-state index is 0.0838. The van der Waals surface area contributed by atoms with Gasteiger partial charge >= 0.3 is 5.97 Å². The molecule has 20 heavy (non-hydrogen) atoms. The highest BCUT2D eigenvalue weighted by atomic mass is 16.4. The van der Waals surface area contributed by atoms with Crippen LogP contribution in [0.1, 0.15) is 31.2 Å². The lowest BCUT2D eigenvalue weighted by molar-refractivity contribution is -0.152. The molecule has 0 unspecified atom stereocenters. The monoisotopic (exact) mass is 276 g/mol. The number of aliphatic carboxylic acids is 1. The molecule has 2 rings (SSSR count). The second kappa shape index (κ2) is 6.41. The number of anilines is 1. The predicted molar refractivity (Wildman–Crippen MR) is 76.2 cm³/mol. The highest BCUT2D eigenvalue weighted by Gasteiger charge is 2.31. The van der Waals surface area contributed by atoms with E-state index in [1.165, 1.54) is 4.90 Å². The molecule has 1 aromatic carbocycles. The maximum atomic E-state index is 12.2. The summed E-state index contributed by atoms with van der Waals surface area (Å²) >= 11 is 0. The van der Waals surface area contributed by atoms with Gasteiger partial charge in [0.05, 0.1) is 0 Å². The lowest BCUT2D eigenvalue weighted by Crippen LogP contribution is -2.48. The summed E-state index contributed by atoms with van der Waals surface area (Å²) < 4.78 is 0. The summed E-state index contributed by atoms with van der Waals surface area (Å²) in [5, 5.41) is 9.17. The highest BCUT2D eigenvalue weighted by Crippen LogP contribution is 2.19. The number of hydrogen-bond acceptors (Lipinski definition) is 3. The number of likely N-dealkylation sites (tertiary alicyclic amines) is 1. The van der Waals surface area contributed by atoms with E-state index in [1.54, 1.807) is 6.07 Å². The summed E-state index contributed by atoms with van der Waals surface area (Å²) in [6.07, 6.45) is 3.23. The number of carboxylic acids is 1. The fraction of sp³-hybridized carbons (Fsp3) is 0.467. The molecule has 0 aliphatic carbocycles. The van der Waals surface area contributed by atoms with Crippen LogP contribution in [-0.4, -0.2) is 34.5 Å². The normalized spacial score (nSPS) is 18.8. The van der Waals surface area contributed by atoms with Crippen molar-refractivity contribution < 1.29 is 14.7 Å². The van der Waals surface area contributed by atoms with Crippen molar-refractivity contribution in [2.24, 2.45) is 0 Å². The second-order valence-electron chi connectivity index (χ2n) is 5.18. The third-order valence-corrected chi connectivity index (χ3v) is 3.69. The number of carbonyl (C=O) groups is 2. The molecule has 1 fully saturated rings. The first-order chi connectivity index (χ1) is 9.58. The first-order valence-corrected chi connectivity index (χ1v) is 6.94. The third kappa shape index (κ3) is 3.50. The maximum absolute atomic E-state index is 12.2. The first-order valence-electron chi connectivity index (χ1n) is 6.94. The van der Waals surface area contributed by atoms with E-state index >= 15 is 0 Å². The molecule has 0 spiro atoms. The van der Waals surface area contributed by atoms with Crippen LogP contribution in [0.3, 0.4) is 0 Å². The second-order valence-corrected chi connectivity index (χ2v) is 5.18. The molecule has 0 bridgehead atoms. The highest BCUT2D eigenvalue weighted by molar-refractivity contribution is 5.84. The number of rotatable bonds is 4. The Balaban J connectivity index is 1.95. The molecule has 1 aromatic rings. The molecule has 5 heteroatoms. The fourth-order valence-electron chi connectivity index (χ4n) is 2.63. The molecule has 1 aliphatic heterocycles. The number of nitrogens with zero attached hydrogens (tertiary/aromatic N) is 1. The number of amides is 1. The number of nitrogen functional groups attached to an aromatic ring is 1. The number of hydrogen-bond donors (Lipinski definition) is 2. The van der Waals surface area contributed by atoms with E-state index in [4.69, 9.17) is 10.8 Å². The number of carboxylic acid groups (broad SMARTS) is 1. The summed E-state index contributed by atoms with van der Waals surface area (Å²) in [5.74, 6) is -0.985. The van der Waals surface area contributed by atoms with Crippen molar-refractivity contribution in [2.75, 3.05) is 12.3 Å². The Morgan fingerprint density at radius 3 is 2.85 bits per heavy atom. The molecule has 0 saturated carbocycles. The van der Waals surface area contributed by atoms with Crippen LogP contribution in [0, 0.1) is 0 Å². The van der Waals surface area contributed by atoms with Gasteiger partial charge < -0.3 is 15.7 Å². The Labute approximate surface area is 118 Å². The standard InChI is InChI=1S/C15H20N2O3/c16-12-5-3-4-11(10-12)7-8-14(18)17-9-2-1-6-13(17)15(19)20/h3-5,10,13H,1-2,6-9,16H2,(H,19,20)/t13-/m0/s1. The van der Waals surface area contributed by atoms with Crippen molar-refractivity contribution in [3.8, 4) is 0 Å². The minimum Gasteiger partial charge on any atom is -0.480 e. The van der Waals surface area contributed by atoms with Gasteiger partial charge in [0.1, 0.15) is 6.04 Å². The average Bonchev–Trinajstić information content (AvgIpc) is 2.45. The predicted octanol–water partition coefficient (Wildman–Crippen LogP) is 1.67. The van der Waals surface area contributed by atoms with Crippen molar-refractivity contribution in [3.63, 3.8) is 0 Å². The smallest absolute Gasteiger partial charge is 0.326 e. The SMILES string of the molecule is Nc1cccc(CCC(=O)N2CCCC[C@H]2C(=O)O)c1. The van der Waals surface area contributed by atoms with Crippen molar-refractivity contribution in [3.05, 3.63) is 29.8 Å². The van der Waals surface area contributed by atoms with Gasteiger partial charge in [-0.1, -0.05) is 12.1 Å². The maximum Gasteiger partial charge on any atom is 0.326 e. The van der Waals surface area contributed by atoms with Gasteiger partial charge in [0.2, 0.25) is 5.91 Å². The minimum atomic E-state index is -0.901. The molecule has 1 atom stereocenters. The lowest BCUT2D eigenvalue weighted by Gasteiger charge is -2.33. The number of piperidine rings is 1. The number of benzene rings is 1. The van der Waals surface area contributed by atoms with Crippen LogP contribution >= 0.6 is 0 Å². The zero-order chi connectivity index (χ0) is 14.5. The lowest BCUT2D eigenvalue weighted by atomic mass is 10.0. The van der Waals surface area contributed by atoms with E-state index in [0.717, 1.165) is 18.4 Å². The van der Waals surface area contributed by atoms with Gasteiger partial charge in [0.15, 0.2) is 0 Å². The Bertz CT molecular complexity index is 502. The van der Waals surface area contributed by atoms with Crippen molar-refractivity contribution >= 4 is 17.6 Å². The van der Waals surface area contributed by atoms with Gasteiger partial charge in [-0.2, -0.15) is 0 Å². The molecular formula is C15H20N2O3. The Hall–Kier alpha value is -2.04.